The number of carboxylic acids is 1. The Morgan fingerprint density at radius 1 is 1.33 bits per heavy atom. The zero-order valence-electron chi connectivity index (χ0n) is 11.6. The molecule has 0 spiro atoms. The first-order chi connectivity index (χ1) is 10.0. The number of carbonyl (C=O) groups excluding carboxylic acids is 1. The van der Waals surface area contributed by atoms with Crippen molar-refractivity contribution in [2.24, 2.45) is 5.41 Å². The normalized spacial score (nSPS) is 15.3. The second-order valence-electron chi connectivity index (χ2n) is 5.24. The molecule has 114 valence electrons. The summed E-state index contributed by atoms with van der Waals surface area (Å²) in [6, 6.07) is 6.08. The van der Waals surface area contributed by atoms with Gasteiger partial charge in [0.25, 0.3) is 0 Å². The van der Waals surface area contributed by atoms with Gasteiger partial charge >= 0.3 is 5.97 Å². The lowest BCUT2D eigenvalue weighted by Gasteiger charge is -2.11. The van der Waals surface area contributed by atoms with E-state index in [1.165, 1.54) is 12.1 Å². The Bertz CT molecular complexity index is 528. The van der Waals surface area contributed by atoms with E-state index in [0.29, 0.717) is 19.3 Å². The fourth-order valence-corrected chi connectivity index (χ4v) is 1.95. The van der Waals surface area contributed by atoms with Crippen molar-refractivity contribution in [3.05, 3.63) is 30.1 Å². The molecule has 2 rings (SSSR count). The van der Waals surface area contributed by atoms with Crippen LogP contribution in [0.4, 0.5) is 4.39 Å². The molecular formula is C15H18FNO4. The van der Waals surface area contributed by atoms with E-state index in [1.807, 2.05) is 0 Å². The Hall–Kier alpha value is -2.11. The highest BCUT2D eigenvalue weighted by Crippen LogP contribution is 2.45. The summed E-state index contributed by atoms with van der Waals surface area (Å²) in [5.41, 5.74) is -0.751. The van der Waals surface area contributed by atoms with E-state index in [2.05, 4.69) is 5.32 Å². The number of benzene rings is 1. The second kappa shape index (κ2) is 6.56. The van der Waals surface area contributed by atoms with E-state index < -0.39 is 17.2 Å². The zero-order chi connectivity index (χ0) is 15.3. The van der Waals surface area contributed by atoms with Gasteiger partial charge in [0.15, 0.2) is 11.6 Å². The SMILES string of the molecule is O=C(CCCOc1ccccc1F)NCC1(C(=O)O)CC1. The predicted octanol–water partition coefficient (Wildman–Crippen LogP) is 1.97. The van der Waals surface area contributed by atoms with Crippen molar-refractivity contribution in [2.75, 3.05) is 13.2 Å². The molecule has 1 saturated carbocycles. The van der Waals surface area contributed by atoms with Gasteiger partial charge < -0.3 is 15.2 Å². The fourth-order valence-electron chi connectivity index (χ4n) is 1.95. The number of hydrogen-bond acceptors (Lipinski definition) is 3. The van der Waals surface area contributed by atoms with Crippen molar-refractivity contribution in [1.29, 1.82) is 0 Å². The summed E-state index contributed by atoms with van der Waals surface area (Å²) >= 11 is 0. The Morgan fingerprint density at radius 3 is 2.67 bits per heavy atom. The number of carbonyl (C=O) groups is 2. The van der Waals surface area contributed by atoms with Gasteiger partial charge in [-0.25, -0.2) is 4.39 Å². The minimum Gasteiger partial charge on any atom is -0.491 e. The minimum absolute atomic E-state index is 0.167. The second-order valence-corrected chi connectivity index (χ2v) is 5.24. The molecule has 1 aliphatic carbocycles. The summed E-state index contributed by atoms with van der Waals surface area (Å²) in [6.07, 6.45) is 1.89. The third-order valence-electron chi connectivity index (χ3n) is 3.57. The highest BCUT2D eigenvalue weighted by molar-refractivity contribution is 5.80. The van der Waals surface area contributed by atoms with Crippen LogP contribution in [-0.4, -0.2) is 30.1 Å². The maximum Gasteiger partial charge on any atom is 0.311 e. The lowest BCUT2D eigenvalue weighted by atomic mass is 10.1. The van der Waals surface area contributed by atoms with E-state index in [1.54, 1.807) is 12.1 Å². The first-order valence-corrected chi connectivity index (χ1v) is 6.91. The van der Waals surface area contributed by atoms with E-state index >= 15 is 0 Å². The standard InChI is InChI=1S/C15H18FNO4/c16-11-4-1-2-5-12(11)21-9-3-6-13(18)17-10-15(7-8-15)14(19)20/h1-2,4-5H,3,6-10H2,(H,17,18)(H,19,20). The number of aliphatic carboxylic acids is 1. The van der Waals surface area contributed by atoms with Gasteiger partial charge in [-0.15, -0.1) is 0 Å². The molecule has 1 aromatic rings. The lowest BCUT2D eigenvalue weighted by Crippen LogP contribution is -2.34. The summed E-state index contributed by atoms with van der Waals surface area (Å²) < 4.78 is 18.5. The van der Waals surface area contributed by atoms with Crippen LogP contribution >= 0.6 is 0 Å². The first kappa shape index (κ1) is 15.3. The summed E-state index contributed by atoms with van der Waals surface area (Å²) in [6.45, 7) is 0.410. The van der Waals surface area contributed by atoms with Crippen LogP contribution in [0.25, 0.3) is 0 Å². The molecule has 0 radical (unpaired) electrons. The van der Waals surface area contributed by atoms with Crippen LogP contribution in [0.2, 0.25) is 0 Å². The predicted molar refractivity (Wildman–Crippen MR) is 73.4 cm³/mol. The van der Waals surface area contributed by atoms with E-state index in [9.17, 15) is 14.0 Å². The van der Waals surface area contributed by atoms with Crippen molar-refractivity contribution in [1.82, 2.24) is 5.32 Å². The molecule has 0 atom stereocenters. The minimum atomic E-state index is -0.856. The number of nitrogens with one attached hydrogen (secondary N) is 1. The fraction of sp³-hybridized carbons (Fsp3) is 0.467. The summed E-state index contributed by atoms with van der Waals surface area (Å²) in [4.78, 5) is 22.5. The lowest BCUT2D eigenvalue weighted by molar-refractivity contribution is -0.143. The molecule has 6 heteroatoms. The number of halogens is 1. The van der Waals surface area contributed by atoms with Gasteiger partial charge in [-0.3, -0.25) is 9.59 Å². The van der Waals surface area contributed by atoms with E-state index in [4.69, 9.17) is 9.84 Å². The Morgan fingerprint density at radius 2 is 2.05 bits per heavy atom. The maximum atomic E-state index is 13.3. The molecular weight excluding hydrogens is 277 g/mol. The van der Waals surface area contributed by atoms with Crippen LogP contribution in [0.5, 0.6) is 5.75 Å². The number of carboxylic acid groups (broad SMARTS) is 1. The highest BCUT2D eigenvalue weighted by atomic mass is 19.1. The van der Waals surface area contributed by atoms with Crippen molar-refractivity contribution < 1.29 is 23.8 Å². The summed E-state index contributed by atoms with van der Waals surface area (Å²) in [5.74, 6) is -1.33. The van der Waals surface area contributed by atoms with Crippen molar-refractivity contribution in [3.63, 3.8) is 0 Å². The van der Waals surface area contributed by atoms with Crippen molar-refractivity contribution in [2.45, 2.75) is 25.7 Å². The molecule has 0 heterocycles. The molecule has 1 amide bonds. The van der Waals surface area contributed by atoms with Crippen LogP contribution < -0.4 is 10.1 Å². The molecule has 0 aliphatic heterocycles. The molecule has 0 saturated heterocycles. The van der Waals surface area contributed by atoms with Crippen LogP contribution in [0.3, 0.4) is 0 Å². The largest absolute Gasteiger partial charge is 0.491 e. The molecule has 0 aromatic heterocycles. The third kappa shape index (κ3) is 4.18. The number of amides is 1. The smallest absolute Gasteiger partial charge is 0.311 e. The van der Waals surface area contributed by atoms with Gasteiger partial charge in [-0.1, -0.05) is 12.1 Å². The van der Waals surface area contributed by atoms with Crippen LogP contribution in [0.1, 0.15) is 25.7 Å². The first-order valence-electron chi connectivity index (χ1n) is 6.91. The monoisotopic (exact) mass is 295 g/mol. The van der Waals surface area contributed by atoms with Gasteiger partial charge in [0.1, 0.15) is 0 Å². The topological polar surface area (TPSA) is 75.6 Å². The van der Waals surface area contributed by atoms with Crippen molar-refractivity contribution >= 4 is 11.9 Å². The molecule has 0 unspecified atom stereocenters. The summed E-state index contributed by atoms with van der Waals surface area (Å²) in [7, 11) is 0. The van der Waals surface area contributed by atoms with Gasteiger partial charge in [-0.2, -0.15) is 0 Å². The molecule has 0 bridgehead atoms. The molecule has 21 heavy (non-hydrogen) atoms. The number of rotatable bonds is 8. The van der Waals surface area contributed by atoms with Gasteiger partial charge in [0.05, 0.1) is 12.0 Å². The Kier molecular flexibility index (Phi) is 4.77. The van der Waals surface area contributed by atoms with Crippen molar-refractivity contribution in [3.8, 4) is 5.75 Å². The Balaban J connectivity index is 1.62. The summed E-state index contributed by atoms with van der Waals surface area (Å²) in [5, 5.41) is 11.6. The highest BCUT2D eigenvalue weighted by Gasteiger charge is 2.50. The quantitative estimate of drug-likeness (QED) is 0.719. The average molecular weight is 295 g/mol. The van der Waals surface area contributed by atoms with E-state index in [0.717, 1.165) is 0 Å². The molecule has 1 aliphatic rings. The van der Waals surface area contributed by atoms with Crippen LogP contribution in [0.15, 0.2) is 24.3 Å². The van der Waals surface area contributed by atoms with Crippen LogP contribution in [0, 0.1) is 11.2 Å². The van der Waals surface area contributed by atoms with Gasteiger partial charge in [0, 0.05) is 13.0 Å². The molecule has 2 N–H and O–H groups in total. The molecule has 1 fully saturated rings. The average Bonchev–Trinajstić information content (AvgIpc) is 3.24. The van der Waals surface area contributed by atoms with E-state index in [-0.39, 0.29) is 31.2 Å². The zero-order valence-corrected chi connectivity index (χ0v) is 11.6. The number of ether oxygens (including phenoxy) is 1. The number of hydrogen-bond donors (Lipinski definition) is 2. The van der Waals surface area contributed by atoms with Gasteiger partial charge in [0.2, 0.25) is 5.91 Å². The molecule has 1 aromatic carbocycles. The van der Waals surface area contributed by atoms with Crippen LogP contribution in [-0.2, 0) is 9.59 Å². The number of para-hydroxylation sites is 1. The molecule has 5 nitrogen and oxygen atoms in total. The maximum absolute atomic E-state index is 13.3. The van der Waals surface area contributed by atoms with Gasteiger partial charge in [-0.05, 0) is 31.4 Å². The third-order valence-corrected chi connectivity index (χ3v) is 3.57. The Labute approximate surface area is 122 Å².